The molecule has 10 heteroatoms. The Balaban J connectivity index is 1.83. The van der Waals surface area contributed by atoms with Crippen LogP contribution in [0.4, 0.5) is 18.3 Å². The number of ether oxygens (including phenoxy) is 2. The molecule has 2 rings (SSSR count). The van der Waals surface area contributed by atoms with Crippen LogP contribution in [0.5, 0.6) is 5.75 Å². The van der Waals surface area contributed by atoms with Gasteiger partial charge in [0.15, 0.2) is 6.61 Å². The van der Waals surface area contributed by atoms with E-state index in [-0.39, 0.29) is 18.1 Å². The molecule has 26 heavy (non-hydrogen) atoms. The van der Waals surface area contributed by atoms with Gasteiger partial charge in [-0.25, -0.2) is 4.98 Å². The molecule has 0 fully saturated rings. The lowest BCUT2D eigenvalue weighted by atomic mass is 10.2. The smallest absolute Gasteiger partial charge is 0.422 e. The van der Waals surface area contributed by atoms with Crippen LogP contribution in [0.15, 0.2) is 34.7 Å². The topological polar surface area (TPSA) is 72.8 Å². The summed E-state index contributed by atoms with van der Waals surface area (Å²) in [6.07, 6.45) is -2.79. The Hall–Kier alpha value is -2.62. The van der Waals surface area contributed by atoms with Crippen LogP contribution in [0, 0.1) is 0 Å². The van der Waals surface area contributed by atoms with Gasteiger partial charge in [-0.05, 0) is 36.8 Å². The lowest BCUT2D eigenvalue weighted by Crippen LogP contribution is -2.19. The van der Waals surface area contributed by atoms with Gasteiger partial charge in [0, 0.05) is 5.38 Å². The molecule has 1 aromatic heterocycles. The van der Waals surface area contributed by atoms with E-state index in [2.05, 4.69) is 20.2 Å². The minimum Gasteiger partial charge on any atom is -0.484 e. The zero-order valence-electron chi connectivity index (χ0n) is 13.7. The third-order valence-corrected chi connectivity index (χ3v) is 3.63. The standard InChI is InChI=1S/C16H16F3N3O3S/c1-2-24-14(23)7-12-9-26-15(21-12)22-20-8-11-3-5-13(6-4-11)25-10-16(17,18)19/h3-6,8-9H,2,7,10H2,1H3,(H,21,22). The van der Waals surface area contributed by atoms with Crippen LogP contribution >= 0.6 is 11.3 Å². The summed E-state index contributed by atoms with van der Waals surface area (Å²) in [4.78, 5) is 15.6. The summed E-state index contributed by atoms with van der Waals surface area (Å²) < 4.78 is 45.7. The number of benzene rings is 1. The van der Waals surface area contributed by atoms with Crippen molar-refractivity contribution in [1.82, 2.24) is 4.98 Å². The molecular formula is C16H16F3N3O3S. The second-order valence-corrected chi connectivity index (χ2v) is 5.83. The van der Waals surface area contributed by atoms with E-state index in [9.17, 15) is 18.0 Å². The van der Waals surface area contributed by atoms with Gasteiger partial charge >= 0.3 is 12.1 Å². The number of nitrogens with one attached hydrogen (secondary N) is 1. The fraction of sp³-hybridized carbons (Fsp3) is 0.312. The molecule has 0 spiro atoms. The van der Waals surface area contributed by atoms with Crippen LogP contribution in [0.25, 0.3) is 0 Å². The Morgan fingerprint density at radius 2 is 2.08 bits per heavy atom. The molecule has 0 atom stereocenters. The van der Waals surface area contributed by atoms with Crippen molar-refractivity contribution in [2.24, 2.45) is 5.10 Å². The molecule has 0 aliphatic rings. The number of hydrazone groups is 1. The minimum atomic E-state index is -4.37. The van der Waals surface area contributed by atoms with Gasteiger partial charge in [0.1, 0.15) is 5.75 Å². The molecule has 0 unspecified atom stereocenters. The first kappa shape index (κ1) is 19.7. The highest BCUT2D eigenvalue weighted by molar-refractivity contribution is 7.13. The molecule has 0 saturated heterocycles. The third-order valence-electron chi connectivity index (χ3n) is 2.84. The molecule has 1 heterocycles. The molecule has 2 aromatic rings. The minimum absolute atomic E-state index is 0.0924. The summed E-state index contributed by atoms with van der Waals surface area (Å²) in [5.74, 6) is -0.225. The fourth-order valence-corrected chi connectivity index (χ4v) is 2.44. The van der Waals surface area contributed by atoms with E-state index in [1.165, 1.54) is 29.7 Å². The number of nitrogens with zero attached hydrogens (tertiary/aromatic N) is 2. The number of carbonyl (C=O) groups excluding carboxylic acids is 1. The first-order chi connectivity index (χ1) is 12.4. The first-order valence-electron chi connectivity index (χ1n) is 7.54. The molecule has 6 nitrogen and oxygen atoms in total. The highest BCUT2D eigenvalue weighted by atomic mass is 32.1. The average molecular weight is 387 g/mol. The zero-order valence-corrected chi connectivity index (χ0v) is 14.6. The molecular weight excluding hydrogens is 371 g/mol. The van der Waals surface area contributed by atoms with E-state index >= 15 is 0 Å². The van der Waals surface area contributed by atoms with Gasteiger partial charge in [-0.1, -0.05) is 0 Å². The molecule has 0 bridgehead atoms. The van der Waals surface area contributed by atoms with E-state index in [1.54, 1.807) is 24.4 Å². The van der Waals surface area contributed by atoms with Gasteiger partial charge < -0.3 is 9.47 Å². The number of aromatic nitrogens is 1. The van der Waals surface area contributed by atoms with Crippen molar-refractivity contribution in [2.45, 2.75) is 19.5 Å². The summed E-state index contributed by atoms with van der Waals surface area (Å²) in [7, 11) is 0. The van der Waals surface area contributed by atoms with Gasteiger partial charge in [0.2, 0.25) is 5.13 Å². The fourth-order valence-electron chi connectivity index (χ4n) is 1.78. The summed E-state index contributed by atoms with van der Waals surface area (Å²) >= 11 is 1.29. The van der Waals surface area contributed by atoms with Gasteiger partial charge in [-0.15, -0.1) is 11.3 Å². The molecule has 0 amide bonds. The first-order valence-corrected chi connectivity index (χ1v) is 8.42. The van der Waals surface area contributed by atoms with Crippen molar-refractivity contribution >= 4 is 28.7 Å². The Kier molecular flexibility index (Phi) is 6.96. The van der Waals surface area contributed by atoms with Gasteiger partial charge in [0.05, 0.1) is 24.9 Å². The summed E-state index contributed by atoms with van der Waals surface area (Å²) in [6.45, 7) is 0.716. The number of anilines is 1. The maximum atomic E-state index is 12.1. The number of hydrogen-bond donors (Lipinski definition) is 1. The second kappa shape index (κ2) is 9.18. The predicted molar refractivity (Wildman–Crippen MR) is 91.7 cm³/mol. The quantitative estimate of drug-likeness (QED) is 0.425. The molecule has 140 valence electrons. The predicted octanol–water partition coefficient (Wildman–Crippen LogP) is 3.64. The van der Waals surface area contributed by atoms with Crippen molar-refractivity contribution in [3.8, 4) is 5.75 Å². The Bertz CT molecular complexity index is 745. The second-order valence-electron chi connectivity index (χ2n) is 4.97. The van der Waals surface area contributed by atoms with E-state index in [1.807, 2.05) is 0 Å². The van der Waals surface area contributed by atoms with E-state index in [0.717, 1.165) is 0 Å². The van der Waals surface area contributed by atoms with Gasteiger partial charge in [0.25, 0.3) is 0 Å². The molecule has 1 aromatic carbocycles. The van der Waals surface area contributed by atoms with E-state index < -0.39 is 12.8 Å². The number of thiazole rings is 1. The van der Waals surface area contributed by atoms with Crippen LogP contribution in [-0.4, -0.2) is 36.6 Å². The number of rotatable bonds is 8. The highest BCUT2D eigenvalue weighted by Gasteiger charge is 2.28. The van der Waals surface area contributed by atoms with Crippen LogP contribution in [0.1, 0.15) is 18.2 Å². The van der Waals surface area contributed by atoms with Crippen LogP contribution in [-0.2, 0) is 16.0 Å². The number of halogens is 3. The average Bonchev–Trinajstić information content (AvgIpc) is 3.01. The van der Waals surface area contributed by atoms with E-state index in [0.29, 0.717) is 23.0 Å². The van der Waals surface area contributed by atoms with Crippen LogP contribution in [0.3, 0.4) is 0 Å². The lowest BCUT2D eigenvalue weighted by molar-refractivity contribution is -0.153. The number of alkyl halides is 3. The highest BCUT2D eigenvalue weighted by Crippen LogP contribution is 2.19. The third kappa shape index (κ3) is 7.09. The number of hydrogen-bond acceptors (Lipinski definition) is 7. The zero-order chi connectivity index (χ0) is 19.0. The van der Waals surface area contributed by atoms with Crippen molar-refractivity contribution in [3.63, 3.8) is 0 Å². The van der Waals surface area contributed by atoms with E-state index in [4.69, 9.17) is 4.74 Å². The lowest BCUT2D eigenvalue weighted by Gasteiger charge is -2.08. The summed E-state index contributed by atoms with van der Waals surface area (Å²) in [5.41, 5.74) is 3.97. The number of esters is 1. The Morgan fingerprint density at radius 3 is 2.73 bits per heavy atom. The monoisotopic (exact) mass is 387 g/mol. The van der Waals surface area contributed by atoms with Gasteiger partial charge in [-0.3, -0.25) is 10.2 Å². The largest absolute Gasteiger partial charge is 0.484 e. The molecule has 0 radical (unpaired) electrons. The van der Waals surface area contributed by atoms with Crippen LogP contribution in [0.2, 0.25) is 0 Å². The normalized spacial score (nSPS) is 11.5. The van der Waals surface area contributed by atoms with Crippen LogP contribution < -0.4 is 10.2 Å². The molecule has 0 saturated carbocycles. The SMILES string of the molecule is CCOC(=O)Cc1csc(NN=Cc2ccc(OCC(F)(F)F)cc2)n1. The molecule has 0 aliphatic heterocycles. The molecule has 1 N–H and O–H groups in total. The Morgan fingerprint density at radius 1 is 1.35 bits per heavy atom. The Labute approximate surface area is 151 Å². The van der Waals surface area contributed by atoms with Crippen molar-refractivity contribution in [3.05, 3.63) is 40.9 Å². The number of carbonyl (C=O) groups is 1. The maximum Gasteiger partial charge on any atom is 0.422 e. The van der Waals surface area contributed by atoms with Gasteiger partial charge in [-0.2, -0.15) is 18.3 Å². The van der Waals surface area contributed by atoms with Crippen molar-refractivity contribution in [2.75, 3.05) is 18.6 Å². The van der Waals surface area contributed by atoms with Crippen molar-refractivity contribution in [1.29, 1.82) is 0 Å². The summed E-state index contributed by atoms with van der Waals surface area (Å²) in [6, 6.07) is 6.00. The molecule has 0 aliphatic carbocycles. The van der Waals surface area contributed by atoms with Crippen molar-refractivity contribution < 1.29 is 27.4 Å². The maximum absolute atomic E-state index is 12.1. The summed E-state index contributed by atoms with van der Waals surface area (Å²) in [5, 5.41) is 6.22.